The third-order valence-corrected chi connectivity index (χ3v) is 7.40. The number of benzene rings is 1. The van der Waals surface area contributed by atoms with Gasteiger partial charge in [0.25, 0.3) is 0 Å². The number of alkyl carbamates (subject to hydrolysis) is 1. The molecule has 27 heavy (non-hydrogen) atoms. The third-order valence-electron chi connectivity index (χ3n) is 4.49. The number of carbonyl (C=O) groups excluding carboxylic acids is 1. The number of hydrogen-bond acceptors (Lipinski definition) is 4. The lowest BCUT2D eigenvalue weighted by Crippen LogP contribution is -2.54. The number of nitrogens with zero attached hydrogens (tertiary/aromatic N) is 1. The SMILES string of the molecule is Cc1ccc(S(=O)(=O)N2CCCC[C@@H]2[C@H](C)NC(=O)OC(C)(C)C)c(Br)c1. The predicted octanol–water partition coefficient (Wildman–Crippen LogP) is 4.21. The molecule has 0 saturated carbocycles. The van der Waals surface area contributed by atoms with Crippen molar-refractivity contribution >= 4 is 32.0 Å². The molecular formula is C19H29BrN2O4S. The lowest BCUT2D eigenvalue weighted by Gasteiger charge is -2.38. The van der Waals surface area contributed by atoms with Gasteiger partial charge in [-0.25, -0.2) is 13.2 Å². The smallest absolute Gasteiger partial charge is 0.407 e. The van der Waals surface area contributed by atoms with Gasteiger partial charge in [0.1, 0.15) is 5.60 Å². The van der Waals surface area contributed by atoms with Crippen LogP contribution in [0.3, 0.4) is 0 Å². The zero-order valence-electron chi connectivity index (χ0n) is 16.6. The molecule has 0 aromatic heterocycles. The van der Waals surface area contributed by atoms with E-state index < -0.39 is 21.7 Å². The lowest BCUT2D eigenvalue weighted by molar-refractivity contribution is 0.0478. The van der Waals surface area contributed by atoms with Crippen molar-refractivity contribution < 1.29 is 17.9 Å². The van der Waals surface area contributed by atoms with Gasteiger partial charge in [0, 0.05) is 23.1 Å². The summed E-state index contributed by atoms with van der Waals surface area (Å²) in [5.74, 6) is 0. The van der Waals surface area contributed by atoms with Crippen LogP contribution in [0.4, 0.5) is 4.79 Å². The van der Waals surface area contributed by atoms with E-state index in [9.17, 15) is 13.2 Å². The molecule has 1 N–H and O–H groups in total. The standard InChI is InChI=1S/C19H29BrN2O4S/c1-13-9-10-17(15(20)12-13)27(24,25)22-11-7-6-8-16(22)14(2)21-18(23)26-19(3,4)5/h9-10,12,14,16H,6-8,11H2,1-5H3,(H,21,23)/t14-,16+/m0/s1. The van der Waals surface area contributed by atoms with E-state index in [2.05, 4.69) is 21.2 Å². The van der Waals surface area contributed by atoms with Crippen molar-refractivity contribution in [3.05, 3.63) is 28.2 Å². The summed E-state index contributed by atoms with van der Waals surface area (Å²) in [6.45, 7) is 9.56. The summed E-state index contributed by atoms with van der Waals surface area (Å²) in [6.07, 6.45) is 1.89. The second-order valence-corrected chi connectivity index (χ2v) is 10.8. The molecule has 0 spiro atoms. The summed E-state index contributed by atoms with van der Waals surface area (Å²) in [7, 11) is -3.68. The van der Waals surface area contributed by atoms with Crippen LogP contribution >= 0.6 is 15.9 Å². The molecule has 1 amide bonds. The number of nitrogens with one attached hydrogen (secondary N) is 1. The fourth-order valence-electron chi connectivity index (χ4n) is 3.26. The quantitative estimate of drug-likeness (QED) is 0.729. The molecule has 8 heteroatoms. The Morgan fingerprint density at radius 1 is 1.33 bits per heavy atom. The fraction of sp³-hybridized carbons (Fsp3) is 0.632. The van der Waals surface area contributed by atoms with Crippen LogP contribution in [0.1, 0.15) is 52.5 Å². The average molecular weight is 461 g/mol. The van der Waals surface area contributed by atoms with Gasteiger partial charge >= 0.3 is 6.09 Å². The van der Waals surface area contributed by atoms with Gasteiger partial charge in [-0.1, -0.05) is 12.5 Å². The van der Waals surface area contributed by atoms with Gasteiger partial charge in [0.05, 0.1) is 4.90 Å². The van der Waals surface area contributed by atoms with Crippen molar-refractivity contribution in [2.45, 2.75) is 76.5 Å². The molecule has 1 aliphatic rings. The monoisotopic (exact) mass is 460 g/mol. The van der Waals surface area contributed by atoms with E-state index in [0.29, 0.717) is 17.4 Å². The second-order valence-electron chi connectivity index (χ2n) is 8.05. The molecule has 1 aliphatic heterocycles. The van der Waals surface area contributed by atoms with Crippen LogP contribution in [0.5, 0.6) is 0 Å². The summed E-state index contributed by atoms with van der Waals surface area (Å²) in [6, 6.07) is 4.54. The molecular weight excluding hydrogens is 432 g/mol. The molecule has 1 aromatic rings. The first-order valence-corrected chi connectivity index (χ1v) is 11.4. The Labute approximate surface area is 170 Å². The topological polar surface area (TPSA) is 75.7 Å². The maximum absolute atomic E-state index is 13.3. The Bertz CT molecular complexity index is 789. The molecule has 0 bridgehead atoms. The molecule has 152 valence electrons. The molecule has 0 radical (unpaired) electrons. The van der Waals surface area contributed by atoms with Crippen LogP contribution in [-0.4, -0.2) is 43.0 Å². The van der Waals surface area contributed by atoms with Gasteiger partial charge in [-0.05, 0) is 81.1 Å². The highest BCUT2D eigenvalue weighted by atomic mass is 79.9. The normalized spacial score (nSPS) is 20.1. The maximum atomic E-state index is 13.3. The molecule has 6 nitrogen and oxygen atoms in total. The minimum Gasteiger partial charge on any atom is -0.444 e. The predicted molar refractivity (Wildman–Crippen MR) is 109 cm³/mol. The number of ether oxygens (including phenoxy) is 1. The van der Waals surface area contributed by atoms with Crippen LogP contribution < -0.4 is 5.32 Å². The highest BCUT2D eigenvalue weighted by molar-refractivity contribution is 9.10. The largest absolute Gasteiger partial charge is 0.444 e. The summed E-state index contributed by atoms with van der Waals surface area (Å²) >= 11 is 3.38. The zero-order valence-corrected chi connectivity index (χ0v) is 19.0. The van der Waals surface area contributed by atoms with E-state index in [1.807, 2.05) is 13.8 Å². The molecule has 1 heterocycles. The number of rotatable bonds is 4. The van der Waals surface area contributed by atoms with E-state index in [-0.39, 0.29) is 17.0 Å². The number of piperidine rings is 1. The van der Waals surface area contributed by atoms with Crippen molar-refractivity contribution in [1.82, 2.24) is 9.62 Å². The number of hydrogen-bond donors (Lipinski definition) is 1. The Kier molecular flexibility index (Phi) is 6.97. The van der Waals surface area contributed by atoms with E-state index in [1.165, 1.54) is 4.31 Å². The minimum atomic E-state index is -3.68. The van der Waals surface area contributed by atoms with Gasteiger partial charge in [-0.15, -0.1) is 0 Å². The molecule has 0 aliphatic carbocycles. The maximum Gasteiger partial charge on any atom is 0.407 e. The van der Waals surface area contributed by atoms with Gasteiger partial charge in [0.2, 0.25) is 10.0 Å². The van der Waals surface area contributed by atoms with E-state index in [0.717, 1.165) is 18.4 Å². The first kappa shape index (κ1) is 22.2. The van der Waals surface area contributed by atoms with E-state index in [4.69, 9.17) is 4.74 Å². The first-order valence-electron chi connectivity index (χ1n) is 9.19. The number of halogens is 1. The van der Waals surface area contributed by atoms with Crippen LogP contribution in [0, 0.1) is 6.92 Å². The fourth-order valence-corrected chi connectivity index (χ4v) is 6.18. The first-order chi connectivity index (χ1) is 12.4. The van der Waals surface area contributed by atoms with Gasteiger partial charge in [-0.3, -0.25) is 0 Å². The number of sulfonamides is 1. The highest BCUT2D eigenvalue weighted by Gasteiger charge is 2.38. The van der Waals surface area contributed by atoms with Gasteiger partial charge in [0.15, 0.2) is 0 Å². The average Bonchev–Trinajstić information content (AvgIpc) is 2.52. The van der Waals surface area contributed by atoms with Crippen molar-refractivity contribution in [2.24, 2.45) is 0 Å². The summed E-state index contributed by atoms with van der Waals surface area (Å²) < 4.78 is 34.0. The number of carbonyl (C=O) groups is 1. The number of amides is 1. The van der Waals surface area contributed by atoms with Crippen LogP contribution in [0.25, 0.3) is 0 Å². The van der Waals surface area contributed by atoms with Crippen LogP contribution in [0.15, 0.2) is 27.6 Å². The van der Waals surface area contributed by atoms with Gasteiger partial charge in [-0.2, -0.15) is 4.31 Å². The molecule has 2 rings (SSSR count). The highest BCUT2D eigenvalue weighted by Crippen LogP contribution is 2.31. The Hall–Kier alpha value is -1.12. The summed E-state index contributed by atoms with van der Waals surface area (Å²) in [5, 5.41) is 2.80. The van der Waals surface area contributed by atoms with E-state index in [1.54, 1.807) is 39.0 Å². The van der Waals surface area contributed by atoms with Crippen LogP contribution in [0.2, 0.25) is 0 Å². The van der Waals surface area contributed by atoms with Crippen molar-refractivity contribution in [1.29, 1.82) is 0 Å². The van der Waals surface area contributed by atoms with Crippen molar-refractivity contribution in [3.8, 4) is 0 Å². The summed E-state index contributed by atoms with van der Waals surface area (Å²) in [5.41, 5.74) is 0.380. The van der Waals surface area contributed by atoms with Gasteiger partial charge < -0.3 is 10.1 Å². The van der Waals surface area contributed by atoms with Crippen LogP contribution in [-0.2, 0) is 14.8 Å². The number of aryl methyl sites for hydroxylation is 1. The molecule has 1 saturated heterocycles. The lowest BCUT2D eigenvalue weighted by atomic mass is 9.99. The van der Waals surface area contributed by atoms with Crippen molar-refractivity contribution in [3.63, 3.8) is 0 Å². The minimum absolute atomic E-state index is 0.254. The molecule has 1 fully saturated rings. The molecule has 2 atom stereocenters. The van der Waals surface area contributed by atoms with E-state index >= 15 is 0 Å². The summed E-state index contributed by atoms with van der Waals surface area (Å²) in [4.78, 5) is 12.4. The Morgan fingerprint density at radius 2 is 2.00 bits per heavy atom. The molecule has 0 unspecified atom stereocenters. The van der Waals surface area contributed by atoms with Crippen molar-refractivity contribution in [2.75, 3.05) is 6.54 Å². The zero-order chi connectivity index (χ0) is 20.4. The Morgan fingerprint density at radius 3 is 2.59 bits per heavy atom. The second kappa shape index (κ2) is 8.49. The Balaban J connectivity index is 2.24. The third kappa shape index (κ3) is 5.68. The molecule has 1 aromatic carbocycles.